The van der Waals surface area contributed by atoms with Crippen molar-refractivity contribution in [1.29, 1.82) is 0 Å². The van der Waals surface area contributed by atoms with E-state index in [4.69, 9.17) is 9.47 Å². The number of methoxy groups -OCH3 is 1. The first-order valence-electron chi connectivity index (χ1n) is 8.11. The monoisotopic (exact) mass is 343 g/mol. The lowest BCUT2D eigenvalue weighted by atomic mass is 10.2. The van der Waals surface area contributed by atoms with Gasteiger partial charge in [0.15, 0.2) is 0 Å². The number of carbonyl (C=O) groups is 1. The molecule has 0 saturated carbocycles. The maximum atomic E-state index is 12.2. The van der Waals surface area contributed by atoms with Crippen molar-refractivity contribution in [3.05, 3.63) is 41.5 Å². The number of carbonyl (C=O) groups excluding carboxylic acids is 1. The number of hydrogen-bond donors (Lipinski definition) is 1. The lowest BCUT2D eigenvalue weighted by Crippen LogP contribution is -2.37. The molecule has 1 aliphatic heterocycles. The molecule has 1 amide bonds. The zero-order valence-electron chi connectivity index (χ0n) is 14.4. The summed E-state index contributed by atoms with van der Waals surface area (Å²) in [5, 5.41) is 2.82. The van der Waals surface area contributed by atoms with Crippen LogP contribution in [0.5, 0.6) is 5.88 Å². The average molecular weight is 343 g/mol. The molecule has 1 aliphatic rings. The number of anilines is 1. The second-order valence-corrected chi connectivity index (χ2v) is 5.66. The van der Waals surface area contributed by atoms with E-state index in [2.05, 4.69) is 25.2 Å². The van der Waals surface area contributed by atoms with Crippen LogP contribution < -0.4 is 15.0 Å². The van der Waals surface area contributed by atoms with Crippen LogP contribution in [0.1, 0.15) is 21.9 Å². The zero-order chi connectivity index (χ0) is 17.6. The van der Waals surface area contributed by atoms with Gasteiger partial charge in [0.25, 0.3) is 5.91 Å². The van der Waals surface area contributed by atoms with E-state index in [1.807, 2.05) is 13.0 Å². The Morgan fingerprint density at radius 1 is 1.32 bits per heavy atom. The summed E-state index contributed by atoms with van der Waals surface area (Å²) < 4.78 is 10.4. The molecule has 1 fully saturated rings. The maximum absolute atomic E-state index is 12.2. The fourth-order valence-electron chi connectivity index (χ4n) is 2.54. The third-order valence-corrected chi connectivity index (χ3v) is 3.84. The number of ether oxygens (including phenoxy) is 2. The van der Waals surface area contributed by atoms with Crippen molar-refractivity contribution in [1.82, 2.24) is 20.3 Å². The quantitative estimate of drug-likeness (QED) is 0.864. The molecule has 8 nitrogen and oxygen atoms in total. The first kappa shape index (κ1) is 17.1. The minimum Gasteiger partial charge on any atom is -0.481 e. The van der Waals surface area contributed by atoms with Crippen molar-refractivity contribution >= 4 is 11.7 Å². The summed E-state index contributed by atoms with van der Waals surface area (Å²) in [5.74, 6) is 1.68. The van der Waals surface area contributed by atoms with Gasteiger partial charge < -0.3 is 19.7 Å². The number of hydrogen-bond acceptors (Lipinski definition) is 7. The SMILES string of the molecule is COc1ccc(C(=O)NCc2nc(C)cc(N3CCOCC3)n2)cn1. The van der Waals surface area contributed by atoms with Crippen molar-refractivity contribution in [3.63, 3.8) is 0 Å². The van der Waals surface area contributed by atoms with E-state index in [0.717, 1.165) is 24.6 Å². The van der Waals surface area contributed by atoms with Gasteiger partial charge >= 0.3 is 0 Å². The summed E-state index contributed by atoms with van der Waals surface area (Å²) in [5.41, 5.74) is 1.33. The smallest absolute Gasteiger partial charge is 0.253 e. The molecule has 0 radical (unpaired) electrons. The van der Waals surface area contributed by atoms with Crippen LogP contribution in [0.4, 0.5) is 5.82 Å². The highest BCUT2D eigenvalue weighted by atomic mass is 16.5. The molecule has 132 valence electrons. The number of aromatic nitrogens is 3. The molecule has 2 aromatic heterocycles. The van der Waals surface area contributed by atoms with Gasteiger partial charge in [-0.05, 0) is 13.0 Å². The Morgan fingerprint density at radius 2 is 2.12 bits per heavy atom. The zero-order valence-corrected chi connectivity index (χ0v) is 14.4. The number of nitrogens with one attached hydrogen (secondary N) is 1. The van der Waals surface area contributed by atoms with Gasteiger partial charge in [-0.1, -0.05) is 0 Å². The molecule has 3 heterocycles. The molecule has 0 bridgehead atoms. The van der Waals surface area contributed by atoms with Gasteiger partial charge in [-0.2, -0.15) is 0 Å². The predicted octanol–water partition coefficient (Wildman–Crippen LogP) is 0.955. The highest BCUT2D eigenvalue weighted by molar-refractivity contribution is 5.93. The number of morpholine rings is 1. The average Bonchev–Trinajstić information content (AvgIpc) is 2.66. The minimum atomic E-state index is -0.229. The van der Waals surface area contributed by atoms with Gasteiger partial charge in [0.05, 0.1) is 32.4 Å². The molecule has 3 rings (SSSR count). The fraction of sp³-hybridized carbons (Fsp3) is 0.412. The van der Waals surface area contributed by atoms with E-state index < -0.39 is 0 Å². The Morgan fingerprint density at radius 3 is 2.80 bits per heavy atom. The molecular formula is C17H21N5O3. The van der Waals surface area contributed by atoms with Gasteiger partial charge in [-0.25, -0.2) is 15.0 Å². The molecule has 0 aliphatic carbocycles. The molecule has 0 unspecified atom stereocenters. The molecule has 2 aromatic rings. The first-order chi connectivity index (χ1) is 12.2. The molecule has 25 heavy (non-hydrogen) atoms. The Bertz CT molecular complexity index is 730. The van der Waals surface area contributed by atoms with Gasteiger partial charge in [-0.15, -0.1) is 0 Å². The lowest BCUT2D eigenvalue weighted by Gasteiger charge is -2.28. The molecule has 0 aromatic carbocycles. The Labute approximate surface area is 146 Å². The van der Waals surface area contributed by atoms with Crippen LogP contribution in [0.3, 0.4) is 0 Å². The maximum Gasteiger partial charge on any atom is 0.253 e. The van der Waals surface area contributed by atoms with Crippen LogP contribution in [-0.2, 0) is 11.3 Å². The minimum absolute atomic E-state index is 0.229. The van der Waals surface area contributed by atoms with Crippen molar-refractivity contribution in [2.24, 2.45) is 0 Å². The summed E-state index contributed by atoms with van der Waals surface area (Å²) in [6, 6.07) is 5.26. The largest absolute Gasteiger partial charge is 0.481 e. The highest BCUT2D eigenvalue weighted by Crippen LogP contribution is 2.14. The standard InChI is InChI=1S/C17H21N5O3/c1-12-9-15(22-5-7-25-8-6-22)21-14(20-12)11-19-17(23)13-3-4-16(24-2)18-10-13/h3-4,9-10H,5-8,11H2,1-2H3,(H,19,23). The van der Waals surface area contributed by atoms with Gasteiger partial charge in [0, 0.05) is 37.1 Å². The van der Waals surface area contributed by atoms with Gasteiger partial charge in [0.1, 0.15) is 11.6 Å². The van der Waals surface area contributed by atoms with Gasteiger partial charge in [-0.3, -0.25) is 4.79 Å². The molecule has 1 saturated heterocycles. The van der Waals surface area contributed by atoms with E-state index in [9.17, 15) is 4.79 Å². The van der Waals surface area contributed by atoms with Crippen LogP contribution in [0, 0.1) is 6.92 Å². The van der Waals surface area contributed by atoms with E-state index >= 15 is 0 Å². The van der Waals surface area contributed by atoms with Crippen LogP contribution >= 0.6 is 0 Å². The summed E-state index contributed by atoms with van der Waals surface area (Å²) >= 11 is 0. The van der Waals surface area contributed by atoms with Crippen molar-refractivity contribution in [2.75, 3.05) is 38.3 Å². The summed E-state index contributed by atoms with van der Waals surface area (Å²) in [4.78, 5) is 27.4. The molecule has 8 heteroatoms. The first-order valence-corrected chi connectivity index (χ1v) is 8.11. The number of nitrogens with zero attached hydrogens (tertiary/aromatic N) is 4. The number of rotatable bonds is 5. The van der Waals surface area contributed by atoms with Crippen molar-refractivity contribution in [2.45, 2.75) is 13.5 Å². The van der Waals surface area contributed by atoms with Crippen molar-refractivity contribution < 1.29 is 14.3 Å². The molecule has 0 spiro atoms. The van der Waals surface area contributed by atoms with Crippen LogP contribution in [0.25, 0.3) is 0 Å². The Kier molecular flexibility index (Phi) is 5.39. The van der Waals surface area contributed by atoms with E-state index in [1.165, 1.54) is 13.3 Å². The summed E-state index contributed by atoms with van der Waals surface area (Å²) in [6.07, 6.45) is 1.48. The molecule has 0 atom stereocenters. The normalized spacial score (nSPS) is 14.2. The predicted molar refractivity (Wildman–Crippen MR) is 91.8 cm³/mol. The van der Waals surface area contributed by atoms with E-state index in [0.29, 0.717) is 30.5 Å². The summed E-state index contributed by atoms with van der Waals surface area (Å²) in [7, 11) is 1.53. The lowest BCUT2D eigenvalue weighted by molar-refractivity contribution is 0.0949. The van der Waals surface area contributed by atoms with Crippen LogP contribution in [-0.4, -0.2) is 54.3 Å². The van der Waals surface area contributed by atoms with Gasteiger partial charge in [0.2, 0.25) is 5.88 Å². The van der Waals surface area contributed by atoms with Crippen LogP contribution in [0.2, 0.25) is 0 Å². The second-order valence-electron chi connectivity index (χ2n) is 5.66. The third kappa shape index (κ3) is 4.42. The second kappa shape index (κ2) is 7.89. The van der Waals surface area contributed by atoms with Crippen molar-refractivity contribution in [3.8, 4) is 5.88 Å². The van der Waals surface area contributed by atoms with Crippen LogP contribution in [0.15, 0.2) is 24.4 Å². The fourth-order valence-corrected chi connectivity index (χ4v) is 2.54. The highest BCUT2D eigenvalue weighted by Gasteiger charge is 2.14. The molecule has 1 N–H and O–H groups in total. The number of aryl methyl sites for hydroxylation is 1. The topological polar surface area (TPSA) is 89.5 Å². The third-order valence-electron chi connectivity index (χ3n) is 3.84. The van der Waals surface area contributed by atoms with E-state index in [-0.39, 0.29) is 12.5 Å². The number of pyridine rings is 1. The Hall–Kier alpha value is -2.74. The summed E-state index contributed by atoms with van der Waals surface area (Å²) in [6.45, 7) is 5.17. The molecular weight excluding hydrogens is 322 g/mol. The Balaban J connectivity index is 1.65. The van der Waals surface area contributed by atoms with E-state index in [1.54, 1.807) is 12.1 Å². The number of amides is 1.